The van der Waals surface area contributed by atoms with Crippen LogP contribution in [0.4, 0.5) is 11.4 Å². The third-order valence-corrected chi connectivity index (χ3v) is 5.27. The zero-order valence-electron chi connectivity index (χ0n) is 11.0. The second-order valence-corrected chi connectivity index (χ2v) is 6.57. The van der Waals surface area contributed by atoms with Gasteiger partial charge in [0.25, 0.3) is 15.7 Å². The van der Waals surface area contributed by atoms with Crippen LogP contribution in [0.15, 0.2) is 53.4 Å². The van der Waals surface area contributed by atoms with Crippen LogP contribution in [0.5, 0.6) is 0 Å². The van der Waals surface area contributed by atoms with E-state index in [1.165, 1.54) is 22.5 Å². The largest absolute Gasteiger partial charge is 0.270 e. The predicted molar refractivity (Wildman–Crippen MR) is 77.8 cm³/mol. The number of rotatable bonds is 3. The van der Waals surface area contributed by atoms with Gasteiger partial charge in [-0.2, -0.15) is 0 Å². The Kier molecular flexibility index (Phi) is 3.13. The molecule has 2 aromatic carbocycles. The maximum Gasteiger partial charge on any atom is 0.270 e. The summed E-state index contributed by atoms with van der Waals surface area (Å²) in [7, 11) is -3.78. The van der Waals surface area contributed by atoms with Crippen molar-refractivity contribution in [3.05, 3.63) is 64.2 Å². The lowest BCUT2D eigenvalue weighted by Crippen LogP contribution is -2.29. The van der Waals surface area contributed by atoms with Gasteiger partial charge in [-0.05, 0) is 24.1 Å². The summed E-state index contributed by atoms with van der Waals surface area (Å²) in [6.45, 7) is 0.352. The van der Waals surface area contributed by atoms with Gasteiger partial charge in [-0.15, -0.1) is 0 Å². The van der Waals surface area contributed by atoms with Crippen molar-refractivity contribution in [1.29, 1.82) is 0 Å². The van der Waals surface area contributed by atoms with E-state index in [4.69, 9.17) is 0 Å². The van der Waals surface area contributed by atoms with Crippen LogP contribution in [0.2, 0.25) is 0 Å². The molecule has 6 nitrogen and oxygen atoms in total. The minimum absolute atomic E-state index is 0.0617. The molecule has 3 rings (SSSR count). The molecule has 0 aromatic heterocycles. The van der Waals surface area contributed by atoms with Gasteiger partial charge in [0.2, 0.25) is 0 Å². The number of nitro groups is 1. The number of benzene rings is 2. The van der Waals surface area contributed by atoms with E-state index < -0.39 is 14.9 Å². The zero-order valence-corrected chi connectivity index (χ0v) is 11.8. The van der Waals surface area contributed by atoms with Crippen molar-refractivity contribution < 1.29 is 13.3 Å². The molecular weight excluding hydrogens is 292 g/mol. The number of fused-ring (bicyclic) bond motifs is 1. The fourth-order valence-electron chi connectivity index (χ4n) is 2.44. The number of non-ortho nitro benzene ring substituents is 1. The summed E-state index contributed by atoms with van der Waals surface area (Å²) >= 11 is 0. The summed E-state index contributed by atoms with van der Waals surface area (Å²) in [4.78, 5) is 10.1. The van der Waals surface area contributed by atoms with Gasteiger partial charge in [-0.3, -0.25) is 14.4 Å². The SMILES string of the molecule is O=[N+]([O-])c1cccc(S(=O)(=O)N2CCc3ccccc32)c1. The van der Waals surface area contributed by atoms with Crippen LogP contribution in [-0.2, 0) is 16.4 Å². The molecule has 0 fully saturated rings. The highest BCUT2D eigenvalue weighted by molar-refractivity contribution is 7.92. The second-order valence-electron chi connectivity index (χ2n) is 4.71. The lowest BCUT2D eigenvalue weighted by molar-refractivity contribution is -0.385. The normalized spacial score (nSPS) is 14.0. The highest BCUT2D eigenvalue weighted by atomic mass is 32.2. The molecule has 0 bridgehead atoms. The number of sulfonamides is 1. The first-order valence-electron chi connectivity index (χ1n) is 6.35. The molecule has 7 heteroatoms. The van der Waals surface area contributed by atoms with E-state index in [0.29, 0.717) is 18.7 Å². The number of para-hydroxylation sites is 1. The maximum absolute atomic E-state index is 12.7. The first-order chi connectivity index (χ1) is 10.00. The Morgan fingerprint density at radius 1 is 1.10 bits per heavy atom. The minimum atomic E-state index is -3.78. The third-order valence-electron chi connectivity index (χ3n) is 3.46. The average molecular weight is 304 g/mol. The topological polar surface area (TPSA) is 80.5 Å². The second kappa shape index (κ2) is 4.85. The summed E-state index contributed by atoms with van der Waals surface area (Å²) in [5.41, 5.74) is 1.37. The van der Waals surface area contributed by atoms with E-state index >= 15 is 0 Å². The number of nitrogens with zero attached hydrogens (tertiary/aromatic N) is 2. The molecule has 0 unspecified atom stereocenters. The van der Waals surface area contributed by atoms with E-state index in [1.807, 2.05) is 12.1 Å². The summed E-state index contributed by atoms with van der Waals surface area (Å²) in [6.07, 6.45) is 0.643. The van der Waals surface area contributed by atoms with Crippen LogP contribution in [0, 0.1) is 10.1 Å². The van der Waals surface area contributed by atoms with Gasteiger partial charge in [0.15, 0.2) is 0 Å². The molecule has 0 saturated carbocycles. The van der Waals surface area contributed by atoms with Gasteiger partial charge in [0, 0.05) is 18.7 Å². The van der Waals surface area contributed by atoms with Crippen LogP contribution in [-0.4, -0.2) is 19.9 Å². The number of anilines is 1. The van der Waals surface area contributed by atoms with Crippen molar-refractivity contribution >= 4 is 21.4 Å². The van der Waals surface area contributed by atoms with Gasteiger partial charge < -0.3 is 0 Å². The Balaban J connectivity index is 2.06. The van der Waals surface area contributed by atoms with Crippen molar-refractivity contribution in [3.63, 3.8) is 0 Å². The van der Waals surface area contributed by atoms with Crippen molar-refractivity contribution in [2.75, 3.05) is 10.8 Å². The monoisotopic (exact) mass is 304 g/mol. The predicted octanol–water partition coefficient (Wildman–Crippen LogP) is 2.35. The Bertz CT molecular complexity index is 817. The first kappa shape index (κ1) is 13.6. The molecule has 0 atom stereocenters. The minimum Gasteiger partial charge on any atom is -0.266 e. The summed E-state index contributed by atoms with van der Waals surface area (Å²) in [5.74, 6) is 0. The third kappa shape index (κ3) is 2.25. The Labute approximate surface area is 121 Å². The fraction of sp³-hybridized carbons (Fsp3) is 0.143. The van der Waals surface area contributed by atoms with E-state index in [1.54, 1.807) is 12.1 Å². The van der Waals surface area contributed by atoms with E-state index in [-0.39, 0.29) is 10.6 Å². The highest BCUT2D eigenvalue weighted by Crippen LogP contribution is 2.33. The van der Waals surface area contributed by atoms with Crippen molar-refractivity contribution in [1.82, 2.24) is 0 Å². The fourth-order valence-corrected chi connectivity index (χ4v) is 3.99. The van der Waals surface area contributed by atoms with Crippen molar-refractivity contribution in [2.24, 2.45) is 0 Å². The molecule has 0 amide bonds. The molecule has 0 spiro atoms. The maximum atomic E-state index is 12.7. The molecule has 108 valence electrons. The van der Waals surface area contributed by atoms with E-state index in [0.717, 1.165) is 11.6 Å². The van der Waals surface area contributed by atoms with Gasteiger partial charge in [0.1, 0.15) is 0 Å². The molecule has 1 heterocycles. The van der Waals surface area contributed by atoms with Gasteiger partial charge in [0.05, 0.1) is 15.5 Å². The van der Waals surface area contributed by atoms with Crippen LogP contribution < -0.4 is 4.31 Å². The van der Waals surface area contributed by atoms with Gasteiger partial charge in [-0.1, -0.05) is 24.3 Å². The van der Waals surface area contributed by atoms with E-state index in [2.05, 4.69) is 0 Å². The Hall–Kier alpha value is -2.41. The van der Waals surface area contributed by atoms with Crippen molar-refractivity contribution in [2.45, 2.75) is 11.3 Å². The summed E-state index contributed by atoms with van der Waals surface area (Å²) < 4.78 is 26.7. The Morgan fingerprint density at radius 2 is 1.86 bits per heavy atom. The Morgan fingerprint density at radius 3 is 2.62 bits per heavy atom. The molecule has 2 aromatic rings. The lowest BCUT2D eigenvalue weighted by Gasteiger charge is -2.19. The highest BCUT2D eigenvalue weighted by Gasteiger charge is 2.31. The van der Waals surface area contributed by atoms with Crippen LogP contribution in [0.25, 0.3) is 0 Å². The quantitative estimate of drug-likeness (QED) is 0.644. The van der Waals surface area contributed by atoms with Crippen LogP contribution >= 0.6 is 0 Å². The number of nitro benzene ring substituents is 1. The number of hydrogen-bond acceptors (Lipinski definition) is 4. The summed E-state index contributed by atoms with van der Waals surface area (Å²) in [5, 5.41) is 10.8. The zero-order chi connectivity index (χ0) is 15.0. The average Bonchev–Trinajstić information content (AvgIpc) is 2.92. The molecule has 0 aliphatic carbocycles. The van der Waals surface area contributed by atoms with Crippen LogP contribution in [0.3, 0.4) is 0 Å². The van der Waals surface area contributed by atoms with Crippen LogP contribution in [0.1, 0.15) is 5.56 Å². The molecule has 1 aliphatic rings. The van der Waals surface area contributed by atoms with Crippen molar-refractivity contribution in [3.8, 4) is 0 Å². The van der Waals surface area contributed by atoms with E-state index in [9.17, 15) is 18.5 Å². The molecule has 0 saturated heterocycles. The first-order valence-corrected chi connectivity index (χ1v) is 7.79. The lowest BCUT2D eigenvalue weighted by atomic mass is 10.2. The van der Waals surface area contributed by atoms with Gasteiger partial charge in [-0.25, -0.2) is 8.42 Å². The molecule has 0 radical (unpaired) electrons. The molecular formula is C14H12N2O4S. The molecule has 0 N–H and O–H groups in total. The smallest absolute Gasteiger partial charge is 0.266 e. The molecule has 21 heavy (non-hydrogen) atoms. The summed E-state index contributed by atoms with van der Waals surface area (Å²) in [6, 6.07) is 12.4. The molecule has 1 aliphatic heterocycles. The van der Waals surface area contributed by atoms with Gasteiger partial charge >= 0.3 is 0 Å². The standard InChI is InChI=1S/C14H12N2O4S/c17-16(18)12-5-3-6-13(10-12)21(19,20)15-9-8-11-4-1-2-7-14(11)15/h1-7,10H,8-9H2. The number of hydrogen-bond donors (Lipinski definition) is 0.